The van der Waals surface area contributed by atoms with Gasteiger partial charge < -0.3 is 15.0 Å². The monoisotopic (exact) mass is 395 g/mol. The molecule has 1 atom stereocenters. The minimum absolute atomic E-state index is 0.0774. The van der Waals surface area contributed by atoms with Crippen LogP contribution in [0.5, 0.6) is 5.75 Å². The number of quaternary nitrogens is 1. The number of likely N-dealkylation sites (N-methyl/N-ethyl adjacent to an activating group) is 1. The summed E-state index contributed by atoms with van der Waals surface area (Å²) in [5, 5.41) is 2.66. The molecule has 0 aliphatic carbocycles. The number of hydrogen-bond donors (Lipinski definition) is 2. The molecular weight excluding hydrogens is 371 g/mol. The smallest absolute Gasteiger partial charge is 0.279 e. The molecule has 0 aliphatic heterocycles. The van der Waals surface area contributed by atoms with Crippen LogP contribution >= 0.6 is 0 Å². The molecule has 0 spiro atoms. The molecule has 0 saturated heterocycles. The normalized spacial score (nSPS) is 12.4. The van der Waals surface area contributed by atoms with Crippen molar-refractivity contribution in [1.29, 1.82) is 0 Å². The van der Waals surface area contributed by atoms with Crippen molar-refractivity contribution in [3.05, 3.63) is 53.8 Å². The second-order valence-electron chi connectivity index (χ2n) is 6.24. The first-order chi connectivity index (χ1) is 12.7. The number of methoxy groups -OCH3 is 1. The van der Waals surface area contributed by atoms with E-state index in [1.54, 1.807) is 30.3 Å². The number of ether oxygens (including phenoxy) is 1. The van der Waals surface area contributed by atoms with Gasteiger partial charge in [-0.2, -0.15) is 0 Å². The van der Waals surface area contributed by atoms with Crippen molar-refractivity contribution in [2.75, 3.05) is 31.8 Å². The third kappa shape index (κ3) is 5.77. The van der Waals surface area contributed by atoms with E-state index >= 15 is 0 Å². The fourth-order valence-electron chi connectivity index (χ4n) is 2.74. The van der Waals surface area contributed by atoms with Crippen LogP contribution in [0.15, 0.2) is 47.4 Å². The Morgan fingerprint density at radius 1 is 1.22 bits per heavy atom. The lowest BCUT2D eigenvalue weighted by Gasteiger charge is -2.18. The van der Waals surface area contributed by atoms with Gasteiger partial charge in [-0.25, -0.2) is 12.8 Å². The number of anilines is 1. The Morgan fingerprint density at radius 2 is 1.93 bits per heavy atom. The van der Waals surface area contributed by atoms with Gasteiger partial charge in [0.2, 0.25) is 0 Å². The fourth-order valence-corrected chi connectivity index (χ4v) is 3.58. The molecule has 0 saturated carbocycles. The molecular formula is C19H24FN2O4S+. The van der Waals surface area contributed by atoms with Crippen molar-refractivity contribution < 1.29 is 27.2 Å². The van der Waals surface area contributed by atoms with Gasteiger partial charge in [0.25, 0.3) is 5.91 Å². The minimum Gasteiger partial charge on any atom is -0.494 e. The zero-order valence-corrected chi connectivity index (χ0v) is 16.4. The summed E-state index contributed by atoms with van der Waals surface area (Å²) in [5.41, 5.74) is 1.01. The van der Waals surface area contributed by atoms with Gasteiger partial charge in [0, 0.05) is 11.8 Å². The van der Waals surface area contributed by atoms with Crippen molar-refractivity contribution >= 4 is 21.4 Å². The number of hydrogen-bond acceptors (Lipinski definition) is 4. The maximum Gasteiger partial charge on any atom is 0.279 e. The van der Waals surface area contributed by atoms with Gasteiger partial charge in [-0.3, -0.25) is 4.79 Å². The Kier molecular flexibility index (Phi) is 6.92. The van der Waals surface area contributed by atoms with Crippen LogP contribution in [0.1, 0.15) is 12.5 Å². The molecule has 1 amide bonds. The summed E-state index contributed by atoms with van der Waals surface area (Å²) in [6.07, 6.45) is 1.10. The minimum atomic E-state index is -3.45. The molecule has 2 N–H and O–H groups in total. The SMILES string of the molecule is CC[NH+](CC(=O)Nc1ccccc1S(C)(=O)=O)Cc1ccc(OC)c(F)c1. The molecule has 27 heavy (non-hydrogen) atoms. The number of rotatable bonds is 8. The molecule has 2 aromatic carbocycles. The van der Waals surface area contributed by atoms with Gasteiger partial charge in [0.1, 0.15) is 6.54 Å². The third-order valence-corrected chi connectivity index (χ3v) is 5.30. The van der Waals surface area contributed by atoms with Gasteiger partial charge in [-0.1, -0.05) is 12.1 Å². The lowest BCUT2D eigenvalue weighted by atomic mass is 10.2. The summed E-state index contributed by atoms with van der Waals surface area (Å²) >= 11 is 0. The summed E-state index contributed by atoms with van der Waals surface area (Å²) in [7, 11) is -2.04. The summed E-state index contributed by atoms with van der Waals surface area (Å²) < 4.78 is 42.4. The first-order valence-electron chi connectivity index (χ1n) is 8.49. The Hall–Kier alpha value is -2.45. The van der Waals surface area contributed by atoms with Gasteiger partial charge in [-0.05, 0) is 37.3 Å². The van der Waals surface area contributed by atoms with Crippen molar-refractivity contribution in [2.24, 2.45) is 0 Å². The summed E-state index contributed by atoms with van der Waals surface area (Å²) in [6.45, 7) is 3.16. The molecule has 0 aromatic heterocycles. The maximum atomic E-state index is 13.8. The second-order valence-corrected chi connectivity index (χ2v) is 8.23. The molecule has 8 heteroatoms. The van der Waals surface area contributed by atoms with Crippen LogP contribution in [0.25, 0.3) is 0 Å². The van der Waals surface area contributed by atoms with Gasteiger partial charge >= 0.3 is 0 Å². The number of amides is 1. The molecule has 6 nitrogen and oxygen atoms in total. The number of nitrogens with one attached hydrogen (secondary N) is 2. The summed E-state index contributed by atoms with van der Waals surface area (Å²) in [6, 6.07) is 11.0. The molecule has 146 valence electrons. The van der Waals surface area contributed by atoms with Crippen LogP contribution in [0.3, 0.4) is 0 Å². The summed E-state index contributed by atoms with van der Waals surface area (Å²) in [5.74, 6) is -0.583. The van der Waals surface area contributed by atoms with E-state index in [-0.39, 0.29) is 28.8 Å². The lowest BCUT2D eigenvalue weighted by Crippen LogP contribution is -3.11. The highest BCUT2D eigenvalue weighted by Gasteiger charge is 2.18. The largest absolute Gasteiger partial charge is 0.494 e. The van der Waals surface area contributed by atoms with Gasteiger partial charge in [0.15, 0.2) is 27.9 Å². The maximum absolute atomic E-state index is 13.8. The topological polar surface area (TPSA) is 76.9 Å². The van der Waals surface area contributed by atoms with E-state index in [2.05, 4.69) is 5.32 Å². The highest BCUT2D eigenvalue weighted by atomic mass is 32.2. The Labute approximate surface area is 158 Å². The van der Waals surface area contributed by atoms with E-state index in [0.29, 0.717) is 13.1 Å². The average molecular weight is 395 g/mol. The van der Waals surface area contributed by atoms with Gasteiger partial charge in [0.05, 0.1) is 24.2 Å². The average Bonchev–Trinajstić information content (AvgIpc) is 2.60. The van der Waals surface area contributed by atoms with Crippen molar-refractivity contribution in [3.63, 3.8) is 0 Å². The van der Waals surface area contributed by atoms with Crippen molar-refractivity contribution in [2.45, 2.75) is 18.4 Å². The number of carbonyl (C=O) groups excluding carboxylic acids is 1. The molecule has 2 rings (SSSR count). The number of benzene rings is 2. The molecule has 0 heterocycles. The lowest BCUT2D eigenvalue weighted by molar-refractivity contribution is -0.903. The molecule has 0 radical (unpaired) electrons. The number of carbonyl (C=O) groups is 1. The van der Waals surface area contributed by atoms with Crippen LogP contribution in [-0.2, 0) is 21.2 Å². The predicted molar refractivity (Wildman–Crippen MR) is 101 cm³/mol. The number of para-hydroxylation sites is 1. The van der Waals surface area contributed by atoms with Crippen LogP contribution in [0.4, 0.5) is 10.1 Å². The van der Waals surface area contributed by atoms with E-state index in [0.717, 1.165) is 16.7 Å². The van der Waals surface area contributed by atoms with Crippen molar-refractivity contribution in [3.8, 4) is 5.75 Å². The highest BCUT2D eigenvalue weighted by molar-refractivity contribution is 7.90. The summed E-state index contributed by atoms with van der Waals surface area (Å²) in [4.78, 5) is 13.4. The molecule has 0 aliphatic rings. The fraction of sp³-hybridized carbons (Fsp3) is 0.316. The van der Waals surface area contributed by atoms with Gasteiger partial charge in [-0.15, -0.1) is 0 Å². The molecule has 2 aromatic rings. The van der Waals surface area contributed by atoms with Crippen LogP contribution in [0, 0.1) is 5.82 Å². The zero-order valence-electron chi connectivity index (χ0n) is 15.6. The molecule has 1 unspecified atom stereocenters. The third-order valence-electron chi connectivity index (χ3n) is 4.14. The number of sulfone groups is 1. The molecule has 0 fully saturated rings. The second kappa shape index (κ2) is 8.96. The first kappa shape index (κ1) is 20.9. The predicted octanol–water partition coefficient (Wildman–Crippen LogP) is 1.28. The van der Waals surface area contributed by atoms with E-state index in [1.807, 2.05) is 6.92 Å². The molecule has 0 bridgehead atoms. The zero-order chi connectivity index (χ0) is 20.0. The van der Waals surface area contributed by atoms with E-state index in [9.17, 15) is 17.6 Å². The van der Waals surface area contributed by atoms with E-state index < -0.39 is 15.7 Å². The Morgan fingerprint density at radius 3 is 2.52 bits per heavy atom. The first-order valence-corrected chi connectivity index (χ1v) is 10.4. The van der Waals surface area contributed by atoms with Crippen LogP contribution in [-0.4, -0.2) is 40.8 Å². The standard InChI is InChI=1S/C19H23FN2O4S/c1-4-22(12-14-9-10-17(26-2)15(20)11-14)13-19(23)21-16-7-5-6-8-18(16)27(3,24)25/h5-11H,4,12-13H2,1-3H3,(H,21,23)/p+1. The Balaban J connectivity index is 2.07. The number of halogens is 1. The van der Waals surface area contributed by atoms with Crippen molar-refractivity contribution in [1.82, 2.24) is 0 Å². The highest BCUT2D eigenvalue weighted by Crippen LogP contribution is 2.20. The van der Waals surface area contributed by atoms with Crippen LogP contribution in [0.2, 0.25) is 0 Å². The van der Waals surface area contributed by atoms with Crippen LogP contribution < -0.4 is 15.0 Å². The van der Waals surface area contributed by atoms with E-state index in [1.165, 1.54) is 19.2 Å². The quantitative estimate of drug-likeness (QED) is 0.706. The Bertz CT molecular complexity index is 916. The van der Waals surface area contributed by atoms with E-state index in [4.69, 9.17) is 4.74 Å².